The first kappa shape index (κ1) is 22.8. The second-order valence-electron chi connectivity index (χ2n) is 6.88. The molecule has 0 aliphatic heterocycles. The summed E-state index contributed by atoms with van der Waals surface area (Å²) in [5.41, 5.74) is 4.19. The van der Waals surface area contributed by atoms with Crippen molar-refractivity contribution in [1.29, 1.82) is 0 Å². The Kier molecular flexibility index (Phi) is 7.11. The number of methoxy groups -OCH3 is 1. The van der Waals surface area contributed by atoms with Gasteiger partial charge in [-0.2, -0.15) is 5.10 Å². The first-order chi connectivity index (χ1) is 15.3. The van der Waals surface area contributed by atoms with Crippen molar-refractivity contribution >= 4 is 27.8 Å². The number of para-hydroxylation sites is 1. The summed E-state index contributed by atoms with van der Waals surface area (Å²) >= 11 is 0. The number of amides is 1. The number of phenolic OH excluding ortho intramolecular Hbond substituents is 1. The Bertz CT molecular complexity index is 1210. The lowest BCUT2D eigenvalue weighted by atomic mass is 10.2. The van der Waals surface area contributed by atoms with Gasteiger partial charge in [-0.25, -0.2) is 13.8 Å². The van der Waals surface area contributed by atoms with E-state index in [-0.39, 0.29) is 16.4 Å². The third-order valence-corrected chi connectivity index (χ3v) is 6.34. The lowest BCUT2D eigenvalue weighted by Crippen LogP contribution is -2.39. The standard InChI is InChI=1S/C23H23N3O5S/c1-17-8-11-20(12-9-17)32(29,30)26(19-6-4-3-5-7-19)16-23(28)25-24-15-18-10-13-21(27)22(14-18)31-2/h3-15,27H,16H2,1-2H3,(H,25,28)/b24-15-. The van der Waals surface area contributed by atoms with Crippen molar-refractivity contribution in [1.82, 2.24) is 5.43 Å². The molecule has 0 atom stereocenters. The maximum Gasteiger partial charge on any atom is 0.264 e. The van der Waals surface area contributed by atoms with Gasteiger partial charge in [0.15, 0.2) is 11.5 Å². The maximum absolute atomic E-state index is 13.2. The van der Waals surface area contributed by atoms with E-state index in [0.29, 0.717) is 11.3 Å². The van der Waals surface area contributed by atoms with E-state index >= 15 is 0 Å². The number of carbonyl (C=O) groups is 1. The summed E-state index contributed by atoms with van der Waals surface area (Å²) in [5.74, 6) is -0.375. The number of sulfonamides is 1. The molecule has 0 aliphatic carbocycles. The Labute approximate surface area is 186 Å². The highest BCUT2D eigenvalue weighted by Crippen LogP contribution is 2.26. The van der Waals surface area contributed by atoms with Crippen molar-refractivity contribution in [3.8, 4) is 11.5 Å². The number of ether oxygens (including phenoxy) is 1. The molecule has 0 bridgehead atoms. The Morgan fingerprint density at radius 2 is 1.78 bits per heavy atom. The van der Waals surface area contributed by atoms with Crippen LogP contribution in [0.25, 0.3) is 0 Å². The number of nitrogens with zero attached hydrogens (tertiary/aromatic N) is 2. The van der Waals surface area contributed by atoms with Gasteiger partial charge in [0.2, 0.25) is 0 Å². The van der Waals surface area contributed by atoms with Crippen LogP contribution in [0.4, 0.5) is 5.69 Å². The van der Waals surface area contributed by atoms with Crippen LogP contribution in [0.5, 0.6) is 11.5 Å². The van der Waals surface area contributed by atoms with Gasteiger partial charge >= 0.3 is 0 Å². The summed E-state index contributed by atoms with van der Waals surface area (Å²) in [5, 5.41) is 13.5. The third-order valence-electron chi connectivity index (χ3n) is 4.55. The molecule has 0 saturated carbocycles. The van der Waals surface area contributed by atoms with Crippen LogP contribution >= 0.6 is 0 Å². The van der Waals surface area contributed by atoms with E-state index in [0.717, 1.165) is 9.87 Å². The van der Waals surface area contributed by atoms with Crippen LogP contribution in [0, 0.1) is 6.92 Å². The molecule has 3 aromatic carbocycles. The normalized spacial score (nSPS) is 11.3. The molecule has 0 heterocycles. The minimum atomic E-state index is -3.98. The number of aromatic hydroxyl groups is 1. The van der Waals surface area contributed by atoms with Gasteiger partial charge < -0.3 is 9.84 Å². The molecule has 0 radical (unpaired) electrons. The van der Waals surface area contributed by atoms with Crippen LogP contribution < -0.4 is 14.5 Å². The second-order valence-corrected chi connectivity index (χ2v) is 8.75. The van der Waals surface area contributed by atoms with Crippen LogP contribution in [0.2, 0.25) is 0 Å². The van der Waals surface area contributed by atoms with E-state index in [1.54, 1.807) is 54.6 Å². The summed E-state index contributed by atoms with van der Waals surface area (Å²) < 4.78 is 32.6. The van der Waals surface area contributed by atoms with E-state index < -0.39 is 22.5 Å². The lowest BCUT2D eigenvalue weighted by molar-refractivity contribution is -0.119. The molecule has 0 aromatic heterocycles. The fourth-order valence-corrected chi connectivity index (χ4v) is 4.29. The Balaban J connectivity index is 1.79. The molecule has 2 N–H and O–H groups in total. The zero-order valence-corrected chi connectivity index (χ0v) is 18.4. The minimum absolute atomic E-state index is 0.0199. The summed E-state index contributed by atoms with van der Waals surface area (Å²) in [7, 11) is -2.56. The number of benzene rings is 3. The van der Waals surface area contributed by atoms with Gasteiger partial charge in [-0.1, -0.05) is 35.9 Å². The van der Waals surface area contributed by atoms with Crippen LogP contribution in [0.3, 0.4) is 0 Å². The average molecular weight is 454 g/mol. The molecule has 32 heavy (non-hydrogen) atoms. The molecular formula is C23H23N3O5S. The molecule has 0 aliphatic rings. The van der Waals surface area contributed by atoms with Crippen LogP contribution in [0.15, 0.2) is 82.8 Å². The Hall–Kier alpha value is -3.85. The molecule has 1 amide bonds. The van der Waals surface area contributed by atoms with Gasteiger partial charge in [0, 0.05) is 0 Å². The summed E-state index contributed by atoms with van der Waals surface area (Å²) in [6, 6.07) is 19.4. The SMILES string of the molecule is COc1cc(/C=N\NC(=O)CN(c2ccccc2)S(=O)(=O)c2ccc(C)cc2)ccc1O. The third kappa shape index (κ3) is 5.44. The molecule has 166 valence electrons. The molecule has 0 saturated heterocycles. The number of hydrogen-bond acceptors (Lipinski definition) is 6. The Morgan fingerprint density at radius 3 is 2.44 bits per heavy atom. The average Bonchev–Trinajstić information content (AvgIpc) is 2.79. The highest BCUT2D eigenvalue weighted by Gasteiger charge is 2.27. The second kappa shape index (κ2) is 9.97. The van der Waals surface area contributed by atoms with E-state index in [1.807, 2.05) is 6.92 Å². The van der Waals surface area contributed by atoms with Gasteiger partial charge in [-0.05, 0) is 55.0 Å². The number of hydrogen-bond donors (Lipinski definition) is 2. The summed E-state index contributed by atoms with van der Waals surface area (Å²) in [6.07, 6.45) is 1.36. The first-order valence-electron chi connectivity index (χ1n) is 9.64. The van der Waals surface area contributed by atoms with Gasteiger partial charge in [0.05, 0.1) is 23.9 Å². The predicted octanol–water partition coefficient (Wildman–Crippen LogP) is 3.05. The van der Waals surface area contributed by atoms with Crippen molar-refractivity contribution in [2.45, 2.75) is 11.8 Å². The fourth-order valence-electron chi connectivity index (χ4n) is 2.87. The molecule has 0 fully saturated rings. The van der Waals surface area contributed by atoms with E-state index in [1.165, 1.54) is 31.5 Å². The number of anilines is 1. The highest BCUT2D eigenvalue weighted by atomic mass is 32.2. The maximum atomic E-state index is 13.2. The molecule has 9 heteroatoms. The minimum Gasteiger partial charge on any atom is -0.504 e. The molecule has 0 spiro atoms. The lowest BCUT2D eigenvalue weighted by Gasteiger charge is -2.23. The zero-order valence-electron chi connectivity index (χ0n) is 17.6. The van der Waals surface area contributed by atoms with Gasteiger partial charge in [0.1, 0.15) is 6.54 Å². The van der Waals surface area contributed by atoms with Crippen LogP contribution in [-0.4, -0.2) is 39.3 Å². The zero-order chi connectivity index (χ0) is 23.1. The number of phenols is 1. The van der Waals surface area contributed by atoms with Gasteiger partial charge in [-0.3, -0.25) is 9.10 Å². The smallest absolute Gasteiger partial charge is 0.264 e. The number of hydrazone groups is 1. The molecular weight excluding hydrogens is 430 g/mol. The fraction of sp³-hybridized carbons (Fsp3) is 0.130. The molecule has 8 nitrogen and oxygen atoms in total. The van der Waals surface area contributed by atoms with Crippen LogP contribution in [0.1, 0.15) is 11.1 Å². The first-order valence-corrected chi connectivity index (χ1v) is 11.1. The topological polar surface area (TPSA) is 108 Å². The Morgan fingerprint density at radius 1 is 1.09 bits per heavy atom. The van der Waals surface area contributed by atoms with Gasteiger partial charge in [0.25, 0.3) is 15.9 Å². The molecule has 3 rings (SSSR count). The van der Waals surface area contributed by atoms with Crippen molar-refractivity contribution in [2.24, 2.45) is 5.10 Å². The van der Waals surface area contributed by atoms with E-state index in [4.69, 9.17) is 4.74 Å². The largest absolute Gasteiger partial charge is 0.504 e. The number of carbonyl (C=O) groups excluding carboxylic acids is 1. The van der Waals surface area contributed by atoms with Crippen molar-refractivity contribution in [3.63, 3.8) is 0 Å². The monoisotopic (exact) mass is 453 g/mol. The summed E-state index contributed by atoms with van der Waals surface area (Å²) in [4.78, 5) is 12.6. The van der Waals surface area contributed by atoms with Crippen molar-refractivity contribution in [3.05, 3.63) is 83.9 Å². The number of nitrogens with one attached hydrogen (secondary N) is 1. The van der Waals surface area contributed by atoms with Gasteiger partial charge in [-0.15, -0.1) is 0 Å². The highest BCUT2D eigenvalue weighted by molar-refractivity contribution is 7.92. The van der Waals surface area contributed by atoms with Crippen LogP contribution in [-0.2, 0) is 14.8 Å². The molecule has 0 unspecified atom stereocenters. The number of rotatable bonds is 8. The van der Waals surface area contributed by atoms with E-state index in [2.05, 4.69) is 10.5 Å². The van der Waals surface area contributed by atoms with E-state index in [9.17, 15) is 18.3 Å². The number of aryl methyl sites for hydroxylation is 1. The molecule has 3 aromatic rings. The van der Waals surface area contributed by atoms with Crippen molar-refractivity contribution in [2.75, 3.05) is 18.0 Å². The van der Waals surface area contributed by atoms with Crippen molar-refractivity contribution < 1.29 is 23.1 Å². The summed E-state index contributed by atoms with van der Waals surface area (Å²) in [6.45, 7) is 1.40. The predicted molar refractivity (Wildman–Crippen MR) is 123 cm³/mol. The quantitative estimate of drug-likeness (QED) is 0.403.